The van der Waals surface area contributed by atoms with E-state index in [1.807, 2.05) is 59.6 Å². The van der Waals surface area contributed by atoms with Crippen LogP contribution in [0.3, 0.4) is 0 Å². The number of benzene rings is 2. The van der Waals surface area contributed by atoms with Gasteiger partial charge in [0.1, 0.15) is 0 Å². The normalized spacial score (nSPS) is 16.1. The minimum atomic E-state index is -0.270. The number of hydrogen-bond acceptors (Lipinski definition) is 2. The van der Waals surface area contributed by atoms with Crippen LogP contribution in [0, 0.1) is 0 Å². The zero-order valence-corrected chi connectivity index (χ0v) is 18.3. The first kappa shape index (κ1) is 21.8. The van der Waals surface area contributed by atoms with Crippen molar-refractivity contribution in [3.63, 3.8) is 0 Å². The van der Waals surface area contributed by atoms with Gasteiger partial charge >= 0.3 is 0 Å². The van der Waals surface area contributed by atoms with Crippen LogP contribution in [0.25, 0.3) is 6.08 Å². The largest absolute Gasteiger partial charge is 0.336 e. The van der Waals surface area contributed by atoms with Crippen LogP contribution in [-0.4, -0.2) is 28.2 Å². The van der Waals surface area contributed by atoms with Crippen LogP contribution < -0.4 is 0 Å². The summed E-state index contributed by atoms with van der Waals surface area (Å²) in [7, 11) is 0. The highest BCUT2D eigenvalue weighted by molar-refractivity contribution is 5.82. The molecule has 158 valence electrons. The Morgan fingerprint density at radius 2 is 1.73 bits per heavy atom. The Bertz CT molecular complexity index is 891. The number of nitrogens with zero attached hydrogens (tertiary/aromatic N) is 2. The summed E-state index contributed by atoms with van der Waals surface area (Å²) in [5.41, 5.74) is 3.27. The average molecular weight is 405 g/mol. The predicted octanol–water partition coefficient (Wildman–Crippen LogP) is 5.73. The van der Waals surface area contributed by atoms with Gasteiger partial charge < -0.3 is 9.80 Å². The maximum absolute atomic E-state index is 13.6. The van der Waals surface area contributed by atoms with Crippen LogP contribution in [0.1, 0.15) is 75.2 Å². The molecule has 3 rings (SSSR count). The van der Waals surface area contributed by atoms with Crippen molar-refractivity contribution >= 4 is 17.9 Å². The lowest BCUT2D eigenvalue weighted by Crippen LogP contribution is -2.39. The average Bonchev–Trinajstić information content (AvgIpc) is 2.77. The van der Waals surface area contributed by atoms with Gasteiger partial charge in [0.05, 0.1) is 18.5 Å². The number of unbranched alkanes of at least 4 members (excludes halogenated alkanes) is 1. The van der Waals surface area contributed by atoms with Crippen molar-refractivity contribution in [3.8, 4) is 0 Å². The van der Waals surface area contributed by atoms with Gasteiger partial charge in [0, 0.05) is 19.7 Å². The lowest BCUT2D eigenvalue weighted by atomic mass is 9.92. The first-order valence-electron chi connectivity index (χ1n) is 11.0. The molecule has 2 aromatic carbocycles. The highest BCUT2D eigenvalue weighted by Gasteiger charge is 2.31. The summed E-state index contributed by atoms with van der Waals surface area (Å²) in [5.74, 6) is 0.0502. The number of fused-ring (bicyclic) bond motifs is 1. The van der Waals surface area contributed by atoms with E-state index < -0.39 is 0 Å². The quantitative estimate of drug-likeness (QED) is 0.564. The number of carbonyl (C=O) groups is 2. The molecule has 0 saturated heterocycles. The number of hydrogen-bond donors (Lipinski definition) is 0. The number of rotatable bonds is 8. The summed E-state index contributed by atoms with van der Waals surface area (Å²) in [6.07, 6.45) is 6.90. The van der Waals surface area contributed by atoms with E-state index in [0.29, 0.717) is 0 Å². The van der Waals surface area contributed by atoms with Crippen molar-refractivity contribution in [3.05, 3.63) is 77.5 Å². The van der Waals surface area contributed by atoms with Gasteiger partial charge in [0.25, 0.3) is 0 Å². The van der Waals surface area contributed by atoms with Crippen molar-refractivity contribution in [2.75, 3.05) is 6.54 Å². The molecule has 30 heavy (non-hydrogen) atoms. The lowest BCUT2D eigenvalue weighted by molar-refractivity contribution is -0.136. The van der Waals surface area contributed by atoms with Crippen molar-refractivity contribution < 1.29 is 9.59 Å². The van der Waals surface area contributed by atoms with Gasteiger partial charge in [-0.1, -0.05) is 74.9 Å². The molecule has 0 aliphatic carbocycles. The number of amides is 2. The van der Waals surface area contributed by atoms with E-state index in [0.717, 1.165) is 42.5 Å². The van der Waals surface area contributed by atoms with Crippen LogP contribution in [0.4, 0.5) is 0 Å². The second-order valence-corrected chi connectivity index (χ2v) is 7.87. The van der Waals surface area contributed by atoms with Crippen LogP contribution in [0.5, 0.6) is 0 Å². The van der Waals surface area contributed by atoms with Crippen molar-refractivity contribution in [1.29, 1.82) is 0 Å². The van der Waals surface area contributed by atoms with Crippen LogP contribution in [0.15, 0.2) is 60.8 Å². The standard InChI is InChI=1S/C26H32N2O2/c1-4-6-17-28(24(5-2)22-13-8-7-9-14-22)26(30)19-25-23-15-11-10-12-21(23)16-18-27(25)20(3)29/h7-16,18,24-25H,4-6,17,19H2,1-3H3. The Labute approximate surface area is 180 Å². The first-order valence-corrected chi connectivity index (χ1v) is 11.0. The van der Waals surface area contributed by atoms with E-state index in [-0.39, 0.29) is 30.3 Å². The van der Waals surface area contributed by atoms with Crippen LogP contribution in [-0.2, 0) is 9.59 Å². The van der Waals surface area contributed by atoms with Gasteiger partial charge in [-0.2, -0.15) is 0 Å². The SMILES string of the molecule is CCCCN(C(=O)CC1c2ccccc2C=CN1C(C)=O)C(CC)c1ccccc1. The fourth-order valence-corrected chi connectivity index (χ4v) is 4.29. The Kier molecular flexibility index (Phi) is 7.45. The van der Waals surface area contributed by atoms with Gasteiger partial charge in [0.2, 0.25) is 11.8 Å². The maximum Gasteiger partial charge on any atom is 0.225 e. The van der Waals surface area contributed by atoms with Gasteiger partial charge in [-0.25, -0.2) is 0 Å². The third-order valence-corrected chi connectivity index (χ3v) is 5.86. The minimum Gasteiger partial charge on any atom is -0.336 e. The molecule has 1 aliphatic rings. The molecule has 4 nitrogen and oxygen atoms in total. The molecule has 0 fully saturated rings. The Balaban J connectivity index is 1.90. The Hall–Kier alpha value is -2.88. The highest BCUT2D eigenvalue weighted by Crippen LogP contribution is 2.35. The Morgan fingerprint density at radius 1 is 1.03 bits per heavy atom. The van der Waals surface area contributed by atoms with E-state index in [2.05, 4.69) is 26.0 Å². The summed E-state index contributed by atoms with van der Waals surface area (Å²) < 4.78 is 0. The lowest BCUT2D eigenvalue weighted by Gasteiger charge is -2.36. The van der Waals surface area contributed by atoms with Crippen LogP contribution >= 0.6 is 0 Å². The van der Waals surface area contributed by atoms with E-state index in [1.165, 1.54) is 0 Å². The minimum absolute atomic E-state index is 0.0467. The Morgan fingerprint density at radius 3 is 2.40 bits per heavy atom. The molecule has 0 radical (unpaired) electrons. The molecular formula is C26H32N2O2. The molecule has 2 aromatic rings. The second kappa shape index (κ2) is 10.2. The molecule has 2 amide bonds. The predicted molar refractivity (Wildman–Crippen MR) is 121 cm³/mol. The summed E-state index contributed by atoms with van der Waals surface area (Å²) in [6, 6.07) is 18.1. The van der Waals surface area contributed by atoms with Crippen molar-refractivity contribution in [2.24, 2.45) is 0 Å². The molecule has 0 N–H and O–H groups in total. The van der Waals surface area contributed by atoms with Crippen LogP contribution in [0.2, 0.25) is 0 Å². The summed E-state index contributed by atoms with van der Waals surface area (Å²) in [4.78, 5) is 29.7. The third kappa shape index (κ3) is 4.81. The molecule has 2 atom stereocenters. The topological polar surface area (TPSA) is 40.6 Å². The number of carbonyl (C=O) groups excluding carboxylic acids is 2. The fourth-order valence-electron chi connectivity index (χ4n) is 4.29. The van der Waals surface area contributed by atoms with Crippen molar-refractivity contribution in [1.82, 2.24) is 9.80 Å². The molecule has 1 heterocycles. The van der Waals surface area contributed by atoms with Gasteiger partial charge in [-0.15, -0.1) is 0 Å². The molecule has 0 saturated carbocycles. The van der Waals surface area contributed by atoms with Gasteiger partial charge in [0.15, 0.2) is 0 Å². The summed E-state index contributed by atoms with van der Waals surface area (Å²) >= 11 is 0. The molecular weight excluding hydrogens is 372 g/mol. The zero-order chi connectivity index (χ0) is 21.5. The third-order valence-electron chi connectivity index (χ3n) is 5.86. The molecule has 0 bridgehead atoms. The zero-order valence-electron chi connectivity index (χ0n) is 18.3. The van der Waals surface area contributed by atoms with E-state index >= 15 is 0 Å². The van der Waals surface area contributed by atoms with E-state index in [9.17, 15) is 9.59 Å². The molecule has 0 spiro atoms. The van der Waals surface area contributed by atoms with E-state index in [4.69, 9.17) is 0 Å². The molecule has 4 heteroatoms. The summed E-state index contributed by atoms with van der Waals surface area (Å²) in [5, 5.41) is 0. The monoisotopic (exact) mass is 404 g/mol. The molecule has 0 aromatic heterocycles. The smallest absolute Gasteiger partial charge is 0.225 e. The molecule has 1 aliphatic heterocycles. The van der Waals surface area contributed by atoms with Crippen molar-refractivity contribution in [2.45, 2.75) is 58.5 Å². The van der Waals surface area contributed by atoms with Gasteiger partial charge in [-0.05, 0) is 35.6 Å². The first-order chi connectivity index (χ1) is 14.6. The fraction of sp³-hybridized carbons (Fsp3) is 0.385. The highest BCUT2D eigenvalue weighted by atomic mass is 16.2. The maximum atomic E-state index is 13.6. The molecule has 2 unspecified atom stereocenters. The second-order valence-electron chi connectivity index (χ2n) is 7.87. The van der Waals surface area contributed by atoms with Gasteiger partial charge in [-0.3, -0.25) is 9.59 Å². The summed E-state index contributed by atoms with van der Waals surface area (Å²) in [6.45, 7) is 6.56. The van der Waals surface area contributed by atoms with E-state index in [1.54, 1.807) is 11.8 Å².